The first-order valence-electron chi connectivity index (χ1n) is 4.99. The van der Waals surface area contributed by atoms with Crippen LogP contribution in [0.4, 0.5) is 4.39 Å². The topological polar surface area (TPSA) is 31.2 Å². The van der Waals surface area contributed by atoms with Crippen LogP contribution in [0.15, 0.2) is 24.3 Å². The van der Waals surface area contributed by atoms with Crippen LogP contribution in [-0.2, 0) is 11.3 Å². The fourth-order valence-electron chi connectivity index (χ4n) is 1.78. The molecule has 1 aromatic heterocycles. The van der Waals surface area contributed by atoms with Gasteiger partial charge in [0.1, 0.15) is 5.82 Å². The van der Waals surface area contributed by atoms with E-state index in [1.165, 1.54) is 12.1 Å². The van der Waals surface area contributed by atoms with Gasteiger partial charge in [-0.15, -0.1) is 0 Å². The number of carbonyl (C=O) groups excluding carboxylic acids is 1. The second kappa shape index (κ2) is 4.45. The SMILES string of the molecule is COCCn1c(C=O)cc2ccc(F)cc21. The third-order valence-corrected chi connectivity index (χ3v) is 2.54. The molecule has 0 aliphatic heterocycles. The first-order chi connectivity index (χ1) is 7.76. The second-order valence-electron chi connectivity index (χ2n) is 3.53. The van der Waals surface area contributed by atoms with Crippen molar-refractivity contribution < 1.29 is 13.9 Å². The van der Waals surface area contributed by atoms with Crippen molar-refractivity contribution in [2.24, 2.45) is 0 Å². The summed E-state index contributed by atoms with van der Waals surface area (Å²) in [6, 6.07) is 6.23. The van der Waals surface area contributed by atoms with Gasteiger partial charge in [-0.1, -0.05) is 0 Å². The monoisotopic (exact) mass is 221 g/mol. The molecule has 4 heteroatoms. The highest BCUT2D eigenvalue weighted by molar-refractivity contribution is 5.88. The summed E-state index contributed by atoms with van der Waals surface area (Å²) in [7, 11) is 1.59. The number of benzene rings is 1. The summed E-state index contributed by atoms with van der Waals surface area (Å²) < 4.78 is 19.8. The molecule has 0 radical (unpaired) electrons. The minimum atomic E-state index is -0.304. The van der Waals surface area contributed by atoms with Gasteiger partial charge >= 0.3 is 0 Å². The summed E-state index contributed by atoms with van der Waals surface area (Å²) in [5, 5.41) is 0.861. The summed E-state index contributed by atoms with van der Waals surface area (Å²) in [5.41, 5.74) is 1.26. The van der Waals surface area contributed by atoms with Gasteiger partial charge in [0.15, 0.2) is 6.29 Å². The average Bonchev–Trinajstić information content (AvgIpc) is 2.63. The maximum Gasteiger partial charge on any atom is 0.166 e. The van der Waals surface area contributed by atoms with Crippen LogP contribution in [-0.4, -0.2) is 24.6 Å². The molecule has 84 valence electrons. The highest BCUT2D eigenvalue weighted by Gasteiger charge is 2.08. The van der Waals surface area contributed by atoms with E-state index in [0.29, 0.717) is 18.8 Å². The van der Waals surface area contributed by atoms with E-state index in [2.05, 4.69) is 0 Å². The van der Waals surface area contributed by atoms with Crippen molar-refractivity contribution in [3.8, 4) is 0 Å². The summed E-state index contributed by atoms with van der Waals surface area (Å²) >= 11 is 0. The molecule has 0 saturated carbocycles. The molecule has 0 unspecified atom stereocenters. The van der Waals surface area contributed by atoms with Crippen LogP contribution in [0.2, 0.25) is 0 Å². The molecule has 0 atom stereocenters. The molecule has 0 fully saturated rings. The summed E-state index contributed by atoms with van der Waals surface area (Å²) in [6.45, 7) is 1.03. The Balaban J connectivity index is 2.56. The number of nitrogens with zero attached hydrogens (tertiary/aromatic N) is 1. The largest absolute Gasteiger partial charge is 0.383 e. The second-order valence-corrected chi connectivity index (χ2v) is 3.53. The van der Waals surface area contributed by atoms with Gasteiger partial charge in [-0.05, 0) is 24.3 Å². The molecule has 0 N–H and O–H groups in total. The molecule has 0 spiro atoms. The predicted octanol–water partition coefficient (Wildman–Crippen LogP) is 2.24. The number of hydrogen-bond acceptors (Lipinski definition) is 2. The van der Waals surface area contributed by atoms with Crippen molar-refractivity contribution in [2.45, 2.75) is 6.54 Å². The van der Waals surface area contributed by atoms with Crippen molar-refractivity contribution >= 4 is 17.2 Å². The standard InChI is InChI=1S/C12H12FNO2/c1-16-5-4-14-11(8-15)6-9-2-3-10(13)7-12(9)14/h2-3,6-8H,4-5H2,1H3. The van der Waals surface area contributed by atoms with E-state index in [0.717, 1.165) is 17.2 Å². The van der Waals surface area contributed by atoms with Gasteiger partial charge in [0.05, 0.1) is 17.8 Å². The van der Waals surface area contributed by atoms with Crippen LogP contribution in [0, 0.1) is 5.82 Å². The molecule has 16 heavy (non-hydrogen) atoms. The van der Waals surface area contributed by atoms with Crippen LogP contribution >= 0.6 is 0 Å². The Morgan fingerprint density at radius 1 is 1.44 bits per heavy atom. The lowest BCUT2D eigenvalue weighted by atomic mass is 10.2. The van der Waals surface area contributed by atoms with Gasteiger partial charge in [-0.2, -0.15) is 0 Å². The minimum Gasteiger partial charge on any atom is -0.383 e. The molecule has 0 aliphatic rings. The number of methoxy groups -OCH3 is 1. The quantitative estimate of drug-likeness (QED) is 0.741. The van der Waals surface area contributed by atoms with Crippen LogP contribution < -0.4 is 0 Å². The molecular formula is C12H12FNO2. The molecule has 3 nitrogen and oxygen atoms in total. The number of aromatic nitrogens is 1. The fourth-order valence-corrected chi connectivity index (χ4v) is 1.78. The molecule has 0 aliphatic carbocycles. The van der Waals surface area contributed by atoms with E-state index < -0.39 is 0 Å². The number of fused-ring (bicyclic) bond motifs is 1. The normalized spacial score (nSPS) is 10.9. The zero-order chi connectivity index (χ0) is 11.5. The molecule has 1 aromatic carbocycles. The third-order valence-electron chi connectivity index (χ3n) is 2.54. The Morgan fingerprint density at radius 3 is 2.94 bits per heavy atom. The lowest BCUT2D eigenvalue weighted by Gasteiger charge is -2.06. The van der Waals surface area contributed by atoms with Gasteiger partial charge in [-0.25, -0.2) is 4.39 Å². The van der Waals surface area contributed by atoms with E-state index in [1.807, 2.05) is 0 Å². The van der Waals surface area contributed by atoms with Gasteiger partial charge in [0, 0.05) is 19.0 Å². The van der Waals surface area contributed by atoms with Crippen LogP contribution in [0.1, 0.15) is 10.5 Å². The molecule has 0 amide bonds. The first kappa shape index (κ1) is 10.8. The zero-order valence-electron chi connectivity index (χ0n) is 8.94. The van der Waals surface area contributed by atoms with Gasteiger partial charge in [0.2, 0.25) is 0 Å². The molecule has 2 rings (SSSR count). The van der Waals surface area contributed by atoms with Crippen molar-refractivity contribution in [3.63, 3.8) is 0 Å². The smallest absolute Gasteiger partial charge is 0.166 e. The fraction of sp³-hybridized carbons (Fsp3) is 0.250. The highest BCUT2D eigenvalue weighted by atomic mass is 19.1. The van der Waals surface area contributed by atoms with Gasteiger partial charge < -0.3 is 9.30 Å². The van der Waals surface area contributed by atoms with Crippen LogP contribution in [0.3, 0.4) is 0 Å². The zero-order valence-corrected chi connectivity index (χ0v) is 8.94. The Hall–Kier alpha value is -1.68. The van der Waals surface area contributed by atoms with E-state index in [1.54, 1.807) is 23.8 Å². The molecule has 2 aromatic rings. The number of hydrogen-bond donors (Lipinski definition) is 0. The van der Waals surface area contributed by atoms with Crippen molar-refractivity contribution in [1.82, 2.24) is 4.57 Å². The number of aldehydes is 1. The number of ether oxygens (including phenoxy) is 1. The Bertz CT molecular complexity index is 519. The summed E-state index contributed by atoms with van der Waals surface area (Å²) in [4.78, 5) is 10.9. The molecule has 1 heterocycles. The number of carbonyl (C=O) groups is 1. The Morgan fingerprint density at radius 2 is 2.25 bits per heavy atom. The third kappa shape index (κ3) is 1.84. The average molecular weight is 221 g/mol. The van der Waals surface area contributed by atoms with E-state index in [9.17, 15) is 9.18 Å². The minimum absolute atomic E-state index is 0.304. The molecular weight excluding hydrogens is 209 g/mol. The molecule has 0 saturated heterocycles. The lowest BCUT2D eigenvalue weighted by molar-refractivity contribution is 0.111. The highest BCUT2D eigenvalue weighted by Crippen LogP contribution is 2.20. The van der Waals surface area contributed by atoms with Crippen LogP contribution in [0.5, 0.6) is 0 Å². The Kier molecular flexibility index (Phi) is 3.01. The number of halogens is 1. The first-order valence-corrected chi connectivity index (χ1v) is 4.99. The summed E-state index contributed by atoms with van der Waals surface area (Å²) in [5.74, 6) is -0.304. The van der Waals surface area contributed by atoms with Gasteiger partial charge in [-0.3, -0.25) is 4.79 Å². The van der Waals surface area contributed by atoms with Crippen molar-refractivity contribution in [2.75, 3.05) is 13.7 Å². The Labute approximate surface area is 92.4 Å². The van der Waals surface area contributed by atoms with E-state index in [-0.39, 0.29) is 5.82 Å². The maximum absolute atomic E-state index is 13.1. The van der Waals surface area contributed by atoms with Crippen LogP contribution in [0.25, 0.3) is 10.9 Å². The van der Waals surface area contributed by atoms with E-state index in [4.69, 9.17) is 4.74 Å². The van der Waals surface area contributed by atoms with E-state index >= 15 is 0 Å². The van der Waals surface area contributed by atoms with Crippen molar-refractivity contribution in [1.29, 1.82) is 0 Å². The molecule has 0 bridgehead atoms. The predicted molar refractivity (Wildman–Crippen MR) is 59.2 cm³/mol. The van der Waals surface area contributed by atoms with Crippen molar-refractivity contribution in [3.05, 3.63) is 35.8 Å². The van der Waals surface area contributed by atoms with Gasteiger partial charge in [0.25, 0.3) is 0 Å². The lowest BCUT2D eigenvalue weighted by Crippen LogP contribution is -2.07. The maximum atomic E-state index is 13.1. The number of rotatable bonds is 4. The summed E-state index contributed by atoms with van der Waals surface area (Å²) in [6.07, 6.45) is 0.771.